The lowest BCUT2D eigenvalue weighted by atomic mass is 10.2. The van der Waals surface area contributed by atoms with Crippen LogP contribution >= 0.6 is 40.5 Å². The van der Waals surface area contributed by atoms with Gasteiger partial charge < -0.3 is 33.8 Å². The summed E-state index contributed by atoms with van der Waals surface area (Å²) in [5.74, 6) is 1.78. The van der Waals surface area contributed by atoms with Crippen LogP contribution in [0.4, 0.5) is 5.95 Å². The molecule has 0 bridgehead atoms. The zero-order valence-electron chi connectivity index (χ0n) is 18.9. The van der Waals surface area contributed by atoms with Crippen molar-refractivity contribution in [2.24, 2.45) is 0 Å². The molecule has 0 radical (unpaired) electrons. The number of aromatic nitrogens is 4. The molecule has 0 unspecified atom stereocenters. The number of H-pyrrole nitrogens is 1. The summed E-state index contributed by atoms with van der Waals surface area (Å²) in [6.07, 6.45) is 1.04. The molecular formula is C21H24N5O5PS4. The first-order valence-electron chi connectivity index (χ1n) is 11.4. The molecule has 6 rings (SSSR count). The second-order valence-electron chi connectivity index (χ2n) is 8.58. The van der Waals surface area contributed by atoms with Gasteiger partial charge in [0.05, 0.1) is 31.7 Å². The van der Waals surface area contributed by atoms with Gasteiger partial charge in [0.25, 0.3) is 0 Å². The highest BCUT2D eigenvalue weighted by atomic mass is 33.1. The lowest BCUT2D eigenvalue weighted by Crippen LogP contribution is -2.40. The van der Waals surface area contributed by atoms with Crippen molar-refractivity contribution < 1.29 is 23.0 Å². The number of nitrogens with zero attached hydrogens (tertiary/aromatic N) is 3. The first kappa shape index (κ1) is 25.2. The summed E-state index contributed by atoms with van der Waals surface area (Å²) in [4.78, 5) is 11.5. The molecule has 3 aliphatic heterocycles. The fraction of sp³-hybridized carbons (Fsp3) is 0.476. The van der Waals surface area contributed by atoms with E-state index in [4.69, 9.17) is 52.8 Å². The molecule has 0 saturated carbocycles. The first-order chi connectivity index (χ1) is 17.5. The molecule has 2 aromatic heterocycles. The second kappa shape index (κ2) is 10.6. The van der Waals surface area contributed by atoms with Gasteiger partial charge in [-0.15, -0.1) is 0 Å². The van der Waals surface area contributed by atoms with E-state index in [1.807, 2.05) is 34.9 Å². The van der Waals surface area contributed by atoms with E-state index in [-0.39, 0.29) is 36.6 Å². The van der Waals surface area contributed by atoms with Gasteiger partial charge in [0.2, 0.25) is 0 Å². The molecule has 1 aromatic carbocycles. The number of hydrogen-bond acceptors (Lipinski definition) is 12. The summed E-state index contributed by atoms with van der Waals surface area (Å²) < 4.78 is 33.3. The number of rotatable bonds is 6. The van der Waals surface area contributed by atoms with Crippen LogP contribution < -0.4 is 5.73 Å². The highest BCUT2D eigenvalue weighted by Crippen LogP contribution is 2.58. The van der Waals surface area contributed by atoms with Gasteiger partial charge in [-0.25, -0.2) is 9.97 Å². The van der Waals surface area contributed by atoms with Crippen molar-refractivity contribution in [3.63, 3.8) is 0 Å². The molecule has 36 heavy (non-hydrogen) atoms. The van der Waals surface area contributed by atoms with Crippen LogP contribution in [0.2, 0.25) is 0 Å². The summed E-state index contributed by atoms with van der Waals surface area (Å²) in [6, 6.07) is 10.1. The maximum Gasteiger partial charge on any atom is 0.328 e. The monoisotopic (exact) mass is 585 g/mol. The van der Waals surface area contributed by atoms with Crippen LogP contribution in [0.15, 0.2) is 36.7 Å². The normalized spacial score (nSPS) is 32.5. The smallest absolute Gasteiger partial charge is 0.328 e. The van der Waals surface area contributed by atoms with Crippen LogP contribution in [-0.2, 0) is 41.5 Å². The number of imidazole rings is 1. The lowest BCUT2D eigenvalue weighted by molar-refractivity contribution is -0.0736. The standard InChI is InChI=1S/C21H24N5O5PS4/c22-21-24-19-18(20(33)25-21)23-11-26(19)17-6-13-14(29-17)8-28-32(34,30-13)31-16-10-36-35-9-15(16)27-7-12-4-2-1-3-5-12/h1-5,11,13-17H,6-10H2,(H3,22,24,25,33)/t13-,14+,15-,16-,17+,32-/m0/s1. The number of aromatic amines is 1. The summed E-state index contributed by atoms with van der Waals surface area (Å²) >= 11 is 11.1. The van der Waals surface area contributed by atoms with E-state index in [1.165, 1.54) is 0 Å². The van der Waals surface area contributed by atoms with E-state index in [9.17, 15) is 0 Å². The Labute approximate surface area is 225 Å². The number of nitrogen functional groups attached to an aromatic ring is 1. The van der Waals surface area contributed by atoms with Gasteiger partial charge in [-0.2, -0.15) is 0 Å². The molecule has 0 aliphatic carbocycles. The van der Waals surface area contributed by atoms with Crippen molar-refractivity contribution in [1.82, 2.24) is 19.5 Å². The van der Waals surface area contributed by atoms with Gasteiger partial charge in [0.1, 0.15) is 29.6 Å². The number of nitrogens with one attached hydrogen (secondary N) is 1. The number of ether oxygens (including phenoxy) is 2. The molecule has 10 nitrogen and oxygen atoms in total. The minimum atomic E-state index is -2.98. The van der Waals surface area contributed by atoms with Crippen LogP contribution in [0.25, 0.3) is 11.2 Å². The highest BCUT2D eigenvalue weighted by Gasteiger charge is 2.47. The van der Waals surface area contributed by atoms with Crippen molar-refractivity contribution >= 4 is 69.4 Å². The minimum absolute atomic E-state index is 0.103. The highest BCUT2D eigenvalue weighted by molar-refractivity contribution is 8.76. The predicted molar refractivity (Wildman–Crippen MR) is 146 cm³/mol. The van der Waals surface area contributed by atoms with Gasteiger partial charge in [-0.3, -0.25) is 4.57 Å². The quantitative estimate of drug-likeness (QED) is 0.243. The summed E-state index contributed by atoms with van der Waals surface area (Å²) in [5.41, 5.74) is 8.20. The van der Waals surface area contributed by atoms with Gasteiger partial charge >= 0.3 is 6.72 Å². The van der Waals surface area contributed by atoms with Crippen LogP contribution in [0.3, 0.4) is 0 Å². The zero-order chi connectivity index (χ0) is 24.7. The fourth-order valence-electron chi connectivity index (χ4n) is 4.36. The summed E-state index contributed by atoms with van der Waals surface area (Å²) in [6.45, 7) is -2.16. The Hall–Kier alpha value is -1.06. The average Bonchev–Trinajstić information content (AvgIpc) is 3.47. The Morgan fingerprint density at radius 3 is 2.83 bits per heavy atom. The molecule has 3 aromatic rings. The number of benzene rings is 1. The molecule has 5 heterocycles. The Bertz CT molecular complexity index is 1340. The van der Waals surface area contributed by atoms with Crippen LogP contribution in [0.5, 0.6) is 0 Å². The SMILES string of the molecule is Nc1nc(=S)c2ncn([C@H]3C[C@@H]4O[P@](=S)(O[C@H]5CSSC[C@@H]5OCc5ccccc5)OC[C@H]4O3)c2[nH]1. The Balaban J connectivity index is 1.12. The van der Waals surface area contributed by atoms with Crippen molar-refractivity contribution in [2.45, 2.75) is 43.7 Å². The molecule has 3 aliphatic rings. The van der Waals surface area contributed by atoms with Crippen molar-refractivity contribution in [2.75, 3.05) is 23.8 Å². The van der Waals surface area contributed by atoms with E-state index >= 15 is 0 Å². The maximum atomic E-state index is 6.36. The summed E-state index contributed by atoms with van der Waals surface area (Å²) in [7, 11) is 3.52. The van der Waals surface area contributed by atoms with Crippen LogP contribution in [0.1, 0.15) is 18.2 Å². The van der Waals surface area contributed by atoms with Crippen LogP contribution in [0, 0.1) is 4.64 Å². The Morgan fingerprint density at radius 1 is 1.19 bits per heavy atom. The van der Waals surface area contributed by atoms with E-state index in [0.717, 1.165) is 17.1 Å². The molecule has 15 heteroatoms. The lowest BCUT2D eigenvalue weighted by Gasteiger charge is -2.38. The van der Waals surface area contributed by atoms with Crippen molar-refractivity contribution in [3.05, 3.63) is 46.9 Å². The average molecular weight is 586 g/mol. The Kier molecular flexibility index (Phi) is 7.43. The van der Waals surface area contributed by atoms with Crippen molar-refractivity contribution in [3.8, 4) is 0 Å². The van der Waals surface area contributed by atoms with E-state index in [2.05, 4.69) is 15.0 Å². The number of hydrogen-bond donors (Lipinski definition) is 2. The molecule has 192 valence electrons. The number of anilines is 1. The first-order valence-corrected chi connectivity index (χ1v) is 16.8. The minimum Gasteiger partial charge on any atom is -0.370 e. The molecule has 3 N–H and O–H groups in total. The summed E-state index contributed by atoms with van der Waals surface area (Å²) in [5, 5.41) is 0. The van der Waals surface area contributed by atoms with E-state index in [1.54, 1.807) is 27.9 Å². The van der Waals surface area contributed by atoms with E-state index in [0.29, 0.717) is 35.4 Å². The number of nitrogens with two attached hydrogens (primary N) is 1. The molecule has 0 spiro atoms. The van der Waals surface area contributed by atoms with Crippen molar-refractivity contribution in [1.29, 1.82) is 0 Å². The molecule has 0 amide bonds. The molecular weight excluding hydrogens is 562 g/mol. The third-order valence-corrected chi connectivity index (χ3v) is 11.2. The fourth-order valence-corrected chi connectivity index (χ4v) is 9.59. The van der Waals surface area contributed by atoms with Gasteiger partial charge in [-0.1, -0.05) is 64.1 Å². The zero-order valence-corrected chi connectivity index (χ0v) is 23.1. The van der Waals surface area contributed by atoms with Gasteiger partial charge in [-0.05, 0) is 17.4 Å². The predicted octanol–water partition coefficient (Wildman–Crippen LogP) is 4.36. The number of fused-ring (bicyclic) bond motifs is 2. The van der Waals surface area contributed by atoms with E-state index < -0.39 is 6.72 Å². The van der Waals surface area contributed by atoms with Gasteiger partial charge in [0, 0.05) is 17.9 Å². The third-order valence-electron chi connectivity index (χ3n) is 6.15. The third kappa shape index (κ3) is 5.26. The molecule has 3 saturated heterocycles. The molecule has 6 atom stereocenters. The second-order valence-corrected chi connectivity index (χ2v) is 14.4. The van der Waals surface area contributed by atoms with Gasteiger partial charge in [0.15, 0.2) is 10.6 Å². The Morgan fingerprint density at radius 2 is 2.00 bits per heavy atom. The largest absolute Gasteiger partial charge is 0.370 e. The maximum absolute atomic E-state index is 6.36. The van der Waals surface area contributed by atoms with Crippen LogP contribution in [-0.4, -0.2) is 62.0 Å². The molecule has 3 fully saturated rings. The topological polar surface area (TPSA) is 119 Å².